The molecule has 1 aromatic carbocycles. The Kier molecular flexibility index (Phi) is 5.75. The lowest BCUT2D eigenvalue weighted by atomic mass is 9.87. The summed E-state index contributed by atoms with van der Waals surface area (Å²) >= 11 is 0. The van der Waals surface area contributed by atoms with E-state index in [0.29, 0.717) is 5.92 Å². The van der Waals surface area contributed by atoms with Crippen molar-refractivity contribution in [2.24, 2.45) is 11.8 Å². The molecular weight excluding hydrogens is 348 g/mol. The Hall–Kier alpha value is -2.62. The van der Waals surface area contributed by atoms with E-state index in [2.05, 4.69) is 46.1 Å². The quantitative estimate of drug-likeness (QED) is 0.508. The maximum atomic E-state index is 11.7. The van der Waals surface area contributed by atoms with Gasteiger partial charge < -0.3 is 9.67 Å². The zero-order valence-corrected chi connectivity index (χ0v) is 16.3. The van der Waals surface area contributed by atoms with Crippen LogP contribution in [0, 0.1) is 11.8 Å². The van der Waals surface area contributed by atoms with Gasteiger partial charge in [-0.15, -0.1) is 0 Å². The molecule has 1 aliphatic rings. The van der Waals surface area contributed by atoms with Gasteiger partial charge in [-0.25, -0.2) is 4.98 Å². The zero-order valence-electron chi connectivity index (χ0n) is 16.3. The van der Waals surface area contributed by atoms with Gasteiger partial charge in [0.25, 0.3) is 0 Å². The van der Waals surface area contributed by atoms with Crippen LogP contribution in [0.25, 0.3) is 22.2 Å². The van der Waals surface area contributed by atoms with E-state index < -0.39 is 5.97 Å². The number of carboxylic acids is 1. The highest BCUT2D eigenvalue weighted by Crippen LogP contribution is 2.34. The van der Waals surface area contributed by atoms with E-state index in [4.69, 9.17) is 0 Å². The molecule has 1 N–H and O–H groups in total. The lowest BCUT2D eigenvalue weighted by Gasteiger charge is -2.19. The van der Waals surface area contributed by atoms with Crippen LogP contribution in [0.1, 0.15) is 44.9 Å². The van der Waals surface area contributed by atoms with Gasteiger partial charge in [0.2, 0.25) is 0 Å². The van der Waals surface area contributed by atoms with Crippen LogP contribution in [0.4, 0.5) is 0 Å². The minimum absolute atomic E-state index is 0.165. The van der Waals surface area contributed by atoms with Crippen molar-refractivity contribution in [2.75, 3.05) is 0 Å². The third-order valence-electron chi connectivity index (χ3n) is 6.17. The van der Waals surface area contributed by atoms with Gasteiger partial charge in [0.1, 0.15) is 5.65 Å². The fraction of sp³-hybridized carbons (Fsp3) is 0.417. The normalized spacial score (nSPS) is 15.9. The number of unbranched alkanes of at least 4 members (excludes halogenated alkanes) is 1. The molecule has 4 nitrogen and oxygen atoms in total. The first-order chi connectivity index (χ1) is 13.7. The molecule has 1 atom stereocenters. The second-order valence-corrected chi connectivity index (χ2v) is 7.96. The summed E-state index contributed by atoms with van der Waals surface area (Å²) in [5.41, 5.74) is 3.41. The Morgan fingerprint density at radius 3 is 2.64 bits per heavy atom. The van der Waals surface area contributed by atoms with E-state index >= 15 is 0 Å². The fourth-order valence-corrected chi connectivity index (χ4v) is 4.71. The second-order valence-electron chi connectivity index (χ2n) is 7.96. The predicted octanol–water partition coefficient (Wildman–Crippen LogP) is 5.76. The maximum Gasteiger partial charge on any atom is 0.306 e. The summed E-state index contributed by atoms with van der Waals surface area (Å²) < 4.78 is 2.23. The van der Waals surface area contributed by atoms with Crippen molar-refractivity contribution in [3.05, 3.63) is 54.9 Å². The molecule has 0 aliphatic heterocycles. The number of hydrogen-bond donors (Lipinski definition) is 1. The average Bonchev–Trinajstić information content (AvgIpc) is 3.37. The summed E-state index contributed by atoms with van der Waals surface area (Å²) in [6.07, 6.45) is 11.3. The lowest BCUT2D eigenvalue weighted by Crippen LogP contribution is -2.21. The van der Waals surface area contributed by atoms with Crippen LogP contribution in [0.5, 0.6) is 0 Å². The number of carbonyl (C=O) groups is 1. The number of rotatable bonds is 8. The monoisotopic (exact) mass is 376 g/mol. The van der Waals surface area contributed by atoms with Crippen LogP contribution in [0.3, 0.4) is 0 Å². The first-order valence-electron chi connectivity index (χ1n) is 10.5. The van der Waals surface area contributed by atoms with E-state index in [0.717, 1.165) is 44.3 Å². The smallest absolute Gasteiger partial charge is 0.306 e. The molecule has 0 spiro atoms. The summed E-state index contributed by atoms with van der Waals surface area (Å²) in [7, 11) is 0. The maximum absolute atomic E-state index is 11.7. The summed E-state index contributed by atoms with van der Waals surface area (Å²) in [4.78, 5) is 16.3. The Morgan fingerprint density at radius 1 is 1.11 bits per heavy atom. The molecule has 1 aliphatic carbocycles. The molecule has 1 unspecified atom stereocenters. The van der Waals surface area contributed by atoms with Gasteiger partial charge in [-0.05, 0) is 49.3 Å². The van der Waals surface area contributed by atoms with Crippen molar-refractivity contribution in [2.45, 2.75) is 51.5 Å². The van der Waals surface area contributed by atoms with Gasteiger partial charge >= 0.3 is 5.97 Å². The van der Waals surface area contributed by atoms with Crippen molar-refractivity contribution in [1.29, 1.82) is 0 Å². The number of fused-ring (bicyclic) bond motifs is 1. The summed E-state index contributed by atoms with van der Waals surface area (Å²) in [5, 5.41) is 10.8. The third kappa shape index (κ3) is 3.96. The van der Waals surface area contributed by atoms with Crippen molar-refractivity contribution in [3.8, 4) is 11.1 Å². The molecule has 2 aromatic heterocycles. The van der Waals surface area contributed by atoms with Crippen molar-refractivity contribution in [3.63, 3.8) is 0 Å². The first-order valence-corrected chi connectivity index (χ1v) is 10.5. The molecule has 146 valence electrons. The molecule has 4 heteroatoms. The van der Waals surface area contributed by atoms with E-state index in [1.807, 2.05) is 18.3 Å². The minimum Gasteiger partial charge on any atom is -0.481 e. The van der Waals surface area contributed by atoms with Gasteiger partial charge in [-0.1, -0.05) is 49.6 Å². The molecule has 0 saturated heterocycles. The van der Waals surface area contributed by atoms with Crippen LogP contribution in [-0.4, -0.2) is 20.6 Å². The summed E-state index contributed by atoms with van der Waals surface area (Å²) in [5.74, 6) is -0.385. The Labute approximate surface area is 166 Å². The highest BCUT2D eigenvalue weighted by molar-refractivity contribution is 5.93. The van der Waals surface area contributed by atoms with E-state index in [1.165, 1.54) is 29.4 Å². The summed E-state index contributed by atoms with van der Waals surface area (Å²) in [6, 6.07) is 14.5. The molecule has 2 heterocycles. The topological polar surface area (TPSA) is 55.1 Å². The Balaban J connectivity index is 1.44. The molecular formula is C24H28N2O2. The van der Waals surface area contributed by atoms with Crippen LogP contribution in [-0.2, 0) is 11.3 Å². The van der Waals surface area contributed by atoms with Gasteiger partial charge in [0, 0.05) is 29.9 Å². The molecule has 1 fully saturated rings. The predicted molar refractivity (Wildman–Crippen MR) is 112 cm³/mol. The highest BCUT2D eigenvalue weighted by atomic mass is 16.4. The molecule has 0 amide bonds. The van der Waals surface area contributed by atoms with Gasteiger partial charge in [0.05, 0.1) is 5.92 Å². The third-order valence-corrected chi connectivity index (χ3v) is 6.17. The average molecular weight is 377 g/mol. The van der Waals surface area contributed by atoms with Crippen LogP contribution in [0.2, 0.25) is 0 Å². The summed E-state index contributed by atoms with van der Waals surface area (Å²) in [6.45, 7) is 0.872. The minimum atomic E-state index is -0.605. The molecule has 4 rings (SSSR count). The second kappa shape index (κ2) is 8.59. The molecule has 0 radical (unpaired) electrons. The zero-order chi connectivity index (χ0) is 19.3. The number of nitrogens with zero attached hydrogens (tertiary/aromatic N) is 2. The number of aromatic nitrogens is 2. The fourth-order valence-electron chi connectivity index (χ4n) is 4.71. The van der Waals surface area contributed by atoms with Crippen LogP contribution < -0.4 is 0 Å². The van der Waals surface area contributed by atoms with E-state index in [1.54, 1.807) is 0 Å². The number of benzene rings is 1. The molecule has 0 bridgehead atoms. The van der Waals surface area contributed by atoms with Crippen LogP contribution in [0.15, 0.2) is 54.9 Å². The molecule has 28 heavy (non-hydrogen) atoms. The van der Waals surface area contributed by atoms with Crippen molar-refractivity contribution in [1.82, 2.24) is 9.55 Å². The largest absolute Gasteiger partial charge is 0.481 e. The Bertz CT molecular complexity index is 926. The number of aliphatic carboxylic acids is 1. The van der Waals surface area contributed by atoms with E-state index in [-0.39, 0.29) is 5.92 Å². The van der Waals surface area contributed by atoms with Crippen molar-refractivity contribution >= 4 is 17.0 Å². The molecule has 1 saturated carbocycles. The first kappa shape index (κ1) is 18.7. The van der Waals surface area contributed by atoms with Gasteiger partial charge in [-0.2, -0.15) is 0 Å². The molecule has 3 aromatic rings. The highest BCUT2D eigenvalue weighted by Gasteiger charge is 2.29. The number of hydrogen-bond acceptors (Lipinski definition) is 2. The van der Waals surface area contributed by atoms with Gasteiger partial charge in [-0.3, -0.25) is 4.79 Å². The number of carboxylic acid groups (broad SMARTS) is 1. The number of aryl methyl sites for hydroxylation is 1. The van der Waals surface area contributed by atoms with Crippen LogP contribution >= 0.6 is 0 Å². The number of pyridine rings is 1. The Morgan fingerprint density at radius 2 is 1.89 bits per heavy atom. The SMILES string of the molecule is O=C(O)C(CCCCn1cc(-c2ccccc2)c2cccnc21)C1CCCC1. The lowest BCUT2D eigenvalue weighted by molar-refractivity contribution is -0.144. The van der Waals surface area contributed by atoms with E-state index in [9.17, 15) is 9.90 Å². The van der Waals surface area contributed by atoms with Crippen molar-refractivity contribution < 1.29 is 9.90 Å². The van der Waals surface area contributed by atoms with Gasteiger partial charge in [0.15, 0.2) is 0 Å². The standard InChI is InChI=1S/C24H28N2O2/c27-24(28)20(18-11-4-5-12-18)13-6-7-16-26-17-22(19-9-2-1-3-10-19)21-14-8-15-25-23(21)26/h1-3,8-10,14-15,17-18,20H,4-7,11-13,16H2,(H,27,28).